The van der Waals surface area contributed by atoms with Crippen molar-refractivity contribution in [3.05, 3.63) is 12.2 Å². The molecule has 0 aromatic rings. The number of epoxide rings is 1. The van der Waals surface area contributed by atoms with Crippen molar-refractivity contribution in [2.75, 3.05) is 0 Å². The molecule has 3 heteroatoms. The van der Waals surface area contributed by atoms with E-state index >= 15 is 0 Å². The number of rotatable bonds is 3. The summed E-state index contributed by atoms with van der Waals surface area (Å²) in [7, 11) is 0. The summed E-state index contributed by atoms with van der Waals surface area (Å²) in [4.78, 5) is 0. The van der Waals surface area contributed by atoms with Crippen molar-refractivity contribution in [2.45, 2.75) is 134 Å². The summed E-state index contributed by atoms with van der Waals surface area (Å²) in [6.45, 7) is 9.73. The molecular weight excluding hydrogens is 396 g/mol. The summed E-state index contributed by atoms with van der Waals surface area (Å²) >= 11 is 0. The fraction of sp³-hybridized carbons (Fsp3) is 0.931. The van der Waals surface area contributed by atoms with Gasteiger partial charge in [-0.3, -0.25) is 0 Å². The van der Waals surface area contributed by atoms with Crippen LogP contribution < -0.4 is 0 Å². The van der Waals surface area contributed by atoms with Gasteiger partial charge in [-0.2, -0.15) is 0 Å². The lowest BCUT2D eigenvalue weighted by atomic mass is 9.48. The second-order valence-electron chi connectivity index (χ2n) is 14.1. The molecule has 0 aromatic carbocycles. The van der Waals surface area contributed by atoms with Crippen LogP contribution in [0.5, 0.6) is 0 Å². The molecule has 180 valence electrons. The highest BCUT2D eigenvalue weighted by atomic mass is 16.6. The van der Waals surface area contributed by atoms with Gasteiger partial charge in [0.2, 0.25) is 0 Å². The Hall–Kier alpha value is -0.380. The first kappa shape index (κ1) is 22.1. The third kappa shape index (κ3) is 3.47. The van der Waals surface area contributed by atoms with Crippen molar-refractivity contribution in [3.63, 3.8) is 0 Å². The topological polar surface area (TPSA) is 53.0 Å². The van der Waals surface area contributed by atoms with Gasteiger partial charge in [-0.1, -0.05) is 32.4 Å². The Bertz CT molecular complexity index is 774. The first-order valence-corrected chi connectivity index (χ1v) is 13.9. The Kier molecular flexibility index (Phi) is 5.05. The van der Waals surface area contributed by atoms with Crippen LogP contribution in [0.1, 0.15) is 110 Å². The zero-order valence-corrected chi connectivity index (χ0v) is 20.6. The van der Waals surface area contributed by atoms with Gasteiger partial charge in [-0.15, -0.1) is 0 Å². The van der Waals surface area contributed by atoms with E-state index in [1.165, 1.54) is 57.8 Å². The lowest BCUT2D eigenvalue weighted by Gasteiger charge is -2.57. The van der Waals surface area contributed by atoms with Gasteiger partial charge in [-0.25, -0.2) is 0 Å². The van der Waals surface area contributed by atoms with E-state index in [1.807, 2.05) is 0 Å². The van der Waals surface area contributed by atoms with Crippen LogP contribution in [-0.2, 0) is 4.74 Å². The highest BCUT2D eigenvalue weighted by Crippen LogP contribution is 2.70. The van der Waals surface area contributed by atoms with Gasteiger partial charge in [0.05, 0.1) is 23.4 Å². The molecular formula is C29H46O3. The van der Waals surface area contributed by atoms with E-state index in [4.69, 9.17) is 11.3 Å². The first-order valence-electron chi connectivity index (χ1n) is 13.9. The van der Waals surface area contributed by atoms with Gasteiger partial charge < -0.3 is 14.9 Å². The summed E-state index contributed by atoms with van der Waals surface area (Å²) in [6.07, 6.45) is 17.1. The smallest absolute Gasteiger partial charge is 0.0957 e. The zero-order valence-electron chi connectivity index (χ0n) is 20.6. The van der Waals surface area contributed by atoms with Crippen LogP contribution in [0.15, 0.2) is 12.2 Å². The zero-order chi connectivity index (χ0) is 22.4. The second kappa shape index (κ2) is 7.31. The van der Waals surface area contributed by atoms with Crippen molar-refractivity contribution < 1.29 is 14.9 Å². The second-order valence-corrected chi connectivity index (χ2v) is 14.1. The fourth-order valence-electron chi connectivity index (χ4n) is 10.0. The van der Waals surface area contributed by atoms with Crippen molar-refractivity contribution in [1.82, 2.24) is 0 Å². The molecule has 1 saturated heterocycles. The molecule has 9 unspecified atom stereocenters. The van der Waals surface area contributed by atoms with Gasteiger partial charge in [0.15, 0.2) is 0 Å². The van der Waals surface area contributed by atoms with Crippen molar-refractivity contribution in [1.29, 1.82) is 0 Å². The minimum Gasteiger partial charge on any atom is -0.393 e. The Balaban J connectivity index is 1.19. The summed E-state index contributed by atoms with van der Waals surface area (Å²) in [5, 5.41) is 21.1. The molecule has 1 aliphatic heterocycles. The minimum absolute atomic E-state index is 0.185. The number of aliphatic hydroxyl groups is 2. The van der Waals surface area contributed by atoms with E-state index in [-0.39, 0.29) is 11.7 Å². The first-order chi connectivity index (χ1) is 15.1. The molecule has 3 nitrogen and oxygen atoms in total. The standard InChI is InChI=1S/C29H46O3/c1-19-14-27(12-8-20(15-27)9-13-28(31)10-5-7-22(30)17-28)25-29(32-25)11-4-6-21(16-29)24-23(19)18-26(24,2)3/h20-25,30-31H,1,4-18H2,2-3H3. The van der Waals surface area contributed by atoms with Gasteiger partial charge in [0, 0.05) is 11.8 Å². The highest BCUT2D eigenvalue weighted by Gasteiger charge is 2.70. The van der Waals surface area contributed by atoms with Crippen LogP contribution in [0, 0.1) is 34.5 Å². The summed E-state index contributed by atoms with van der Waals surface area (Å²) in [5.41, 5.74) is 1.87. The molecule has 6 rings (SSSR count). The van der Waals surface area contributed by atoms with E-state index in [0.29, 0.717) is 29.3 Å². The summed E-state index contributed by atoms with van der Waals surface area (Å²) in [6, 6.07) is 0. The Morgan fingerprint density at radius 2 is 1.81 bits per heavy atom. The van der Waals surface area contributed by atoms with Crippen LogP contribution in [0.2, 0.25) is 0 Å². The summed E-state index contributed by atoms with van der Waals surface area (Å²) in [5.74, 6) is 3.08. The van der Waals surface area contributed by atoms with Crippen LogP contribution in [0.25, 0.3) is 0 Å². The lowest BCUT2D eigenvalue weighted by Crippen LogP contribution is -2.50. The molecule has 0 amide bonds. The van der Waals surface area contributed by atoms with Gasteiger partial charge in [0.25, 0.3) is 0 Å². The van der Waals surface area contributed by atoms with E-state index in [2.05, 4.69) is 13.8 Å². The number of hydrogen-bond acceptors (Lipinski definition) is 3. The highest BCUT2D eigenvalue weighted by molar-refractivity contribution is 5.25. The quantitative estimate of drug-likeness (QED) is 0.406. The van der Waals surface area contributed by atoms with Crippen LogP contribution in [0.3, 0.4) is 0 Å². The predicted octanol–water partition coefficient (Wildman–Crippen LogP) is 6.17. The molecule has 0 aromatic heterocycles. The number of hydrogen-bond donors (Lipinski definition) is 2. The van der Waals surface area contributed by atoms with Crippen LogP contribution in [-0.4, -0.2) is 33.6 Å². The van der Waals surface area contributed by atoms with Crippen molar-refractivity contribution in [2.24, 2.45) is 34.5 Å². The molecule has 32 heavy (non-hydrogen) atoms. The fourth-order valence-corrected chi connectivity index (χ4v) is 10.0. The van der Waals surface area contributed by atoms with E-state index in [1.54, 1.807) is 5.57 Å². The molecule has 1 heterocycles. The predicted molar refractivity (Wildman–Crippen MR) is 127 cm³/mol. The molecule has 9 atom stereocenters. The lowest BCUT2D eigenvalue weighted by molar-refractivity contribution is -0.0569. The largest absolute Gasteiger partial charge is 0.393 e. The molecule has 2 spiro atoms. The normalized spacial score (nSPS) is 54.1. The third-order valence-corrected chi connectivity index (χ3v) is 11.4. The Labute approximate surface area is 195 Å². The Morgan fingerprint density at radius 1 is 1.00 bits per heavy atom. The van der Waals surface area contributed by atoms with Crippen LogP contribution in [0.4, 0.5) is 0 Å². The number of fused-ring (bicyclic) bond motifs is 4. The SMILES string of the molecule is C=C1CC2(CCC(CCC3(O)CCCC(O)C3)C2)C2OC23CCCC(C3)C2C1CC2(C)C. The van der Waals surface area contributed by atoms with E-state index in [0.717, 1.165) is 49.9 Å². The monoisotopic (exact) mass is 442 g/mol. The van der Waals surface area contributed by atoms with Gasteiger partial charge in [-0.05, 0) is 113 Å². The van der Waals surface area contributed by atoms with E-state index in [9.17, 15) is 10.2 Å². The maximum Gasteiger partial charge on any atom is 0.0957 e. The molecule has 2 bridgehead atoms. The molecule has 5 aliphatic carbocycles. The average molecular weight is 443 g/mol. The maximum atomic E-state index is 11.1. The average Bonchev–Trinajstić information content (AvgIpc) is 3.23. The molecule has 2 N–H and O–H groups in total. The molecule has 5 saturated carbocycles. The van der Waals surface area contributed by atoms with E-state index < -0.39 is 5.60 Å². The molecule has 0 radical (unpaired) electrons. The summed E-state index contributed by atoms with van der Waals surface area (Å²) < 4.78 is 6.77. The minimum atomic E-state index is -0.631. The third-order valence-electron chi connectivity index (χ3n) is 11.4. The number of ether oxygens (including phenoxy) is 1. The molecule has 6 fully saturated rings. The maximum absolute atomic E-state index is 11.1. The van der Waals surface area contributed by atoms with Crippen molar-refractivity contribution >= 4 is 0 Å². The van der Waals surface area contributed by atoms with Crippen LogP contribution >= 0.6 is 0 Å². The molecule has 6 aliphatic rings. The van der Waals surface area contributed by atoms with Crippen molar-refractivity contribution in [3.8, 4) is 0 Å². The van der Waals surface area contributed by atoms with Gasteiger partial charge >= 0.3 is 0 Å². The number of aliphatic hydroxyl groups excluding tert-OH is 1. The number of allylic oxidation sites excluding steroid dienone is 1. The van der Waals surface area contributed by atoms with Gasteiger partial charge in [0.1, 0.15) is 0 Å². The Morgan fingerprint density at radius 3 is 2.59 bits per heavy atom.